The van der Waals surface area contributed by atoms with Gasteiger partial charge in [-0.2, -0.15) is 0 Å². The Morgan fingerprint density at radius 1 is 1.29 bits per heavy atom. The molecule has 0 saturated carbocycles. The van der Waals surface area contributed by atoms with Crippen molar-refractivity contribution in [3.8, 4) is 0 Å². The lowest BCUT2D eigenvalue weighted by atomic mass is 9.86. The number of anilines is 1. The van der Waals surface area contributed by atoms with Crippen LogP contribution in [0.5, 0.6) is 0 Å². The first-order chi connectivity index (χ1) is 13.2. The lowest BCUT2D eigenvalue weighted by molar-refractivity contribution is -0.623. The van der Waals surface area contributed by atoms with Crippen LogP contribution < -0.4 is 27.8 Å². The number of nitrogens with one attached hydrogen (secondary N) is 2. The van der Waals surface area contributed by atoms with Crippen molar-refractivity contribution in [2.75, 3.05) is 18.9 Å². The van der Waals surface area contributed by atoms with Crippen LogP contribution >= 0.6 is 0 Å². The Morgan fingerprint density at radius 2 is 1.96 bits per heavy atom. The second kappa shape index (κ2) is 5.95. The summed E-state index contributed by atoms with van der Waals surface area (Å²) in [6.07, 6.45) is -1.38. The summed E-state index contributed by atoms with van der Waals surface area (Å²) in [4.78, 5) is 16.7. The number of hydrogen-bond acceptors (Lipinski definition) is 11. The third kappa shape index (κ3) is 2.32. The summed E-state index contributed by atoms with van der Waals surface area (Å²) in [5.74, 6) is -3.37. The molecule has 4 rings (SSSR count). The lowest BCUT2D eigenvalue weighted by Gasteiger charge is -2.42. The zero-order valence-electron chi connectivity index (χ0n) is 14.7. The van der Waals surface area contributed by atoms with Gasteiger partial charge in [-0.1, -0.05) is 0 Å². The van der Waals surface area contributed by atoms with Gasteiger partial charge >= 0.3 is 11.9 Å². The molecular formula is C16H22N7O5+. The van der Waals surface area contributed by atoms with E-state index in [1.807, 2.05) is 0 Å². The molecule has 3 aliphatic heterocycles. The van der Waals surface area contributed by atoms with Gasteiger partial charge in [-0.3, -0.25) is 11.1 Å². The van der Waals surface area contributed by atoms with E-state index in [0.29, 0.717) is 5.69 Å². The number of guanidine groups is 2. The van der Waals surface area contributed by atoms with Crippen molar-refractivity contribution in [3.05, 3.63) is 29.8 Å². The summed E-state index contributed by atoms with van der Waals surface area (Å²) in [6.45, 7) is -0.525. The number of esters is 1. The minimum absolute atomic E-state index is 0.0528. The smallest absolute Gasteiger partial charge is 0.346 e. The average molecular weight is 392 g/mol. The van der Waals surface area contributed by atoms with Gasteiger partial charge in [-0.05, 0) is 24.3 Å². The van der Waals surface area contributed by atoms with Gasteiger partial charge in [0.2, 0.25) is 5.66 Å². The molecule has 1 fully saturated rings. The molecule has 4 atom stereocenters. The first-order valence-corrected chi connectivity index (χ1v) is 8.61. The van der Waals surface area contributed by atoms with Crippen LogP contribution in [0.3, 0.4) is 0 Å². The number of hydrogen-bond donors (Lipinski definition) is 8. The fourth-order valence-corrected chi connectivity index (χ4v) is 4.06. The fourth-order valence-electron chi connectivity index (χ4n) is 4.06. The maximum atomic E-state index is 12.5. The SMILES string of the molecule is NC1=N[C@H]2[C@H](CO)NC(N)=[N+]3C[C@H](OC(=O)c4ccc(N)cc4)C(O)(O)[C@]23N1. The molecule has 1 spiro atoms. The fraction of sp³-hybridized carbons (Fsp3) is 0.438. The van der Waals surface area contributed by atoms with Gasteiger partial charge in [-0.15, -0.1) is 0 Å². The third-order valence-corrected chi connectivity index (χ3v) is 5.41. The van der Waals surface area contributed by atoms with Crippen molar-refractivity contribution in [1.82, 2.24) is 10.6 Å². The molecule has 1 saturated heterocycles. The molecule has 0 amide bonds. The highest BCUT2D eigenvalue weighted by molar-refractivity contribution is 5.90. The van der Waals surface area contributed by atoms with Crippen molar-refractivity contribution in [3.63, 3.8) is 0 Å². The van der Waals surface area contributed by atoms with E-state index in [1.165, 1.54) is 28.8 Å². The van der Waals surface area contributed by atoms with Gasteiger partial charge in [0, 0.05) is 5.69 Å². The van der Waals surface area contributed by atoms with E-state index in [9.17, 15) is 20.1 Å². The Kier molecular flexibility index (Phi) is 3.89. The van der Waals surface area contributed by atoms with E-state index in [-0.39, 0.29) is 30.6 Å². The topological polar surface area (TPSA) is 204 Å². The van der Waals surface area contributed by atoms with Gasteiger partial charge in [0.15, 0.2) is 18.1 Å². The number of aliphatic imine (C=N–C) groups is 1. The van der Waals surface area contributed by atoms with Crippen molar-refractivity contribution >= 4 is 23.6 Å². The predicted molar refractivity (Wildman–Crippen MR) is 96.8 cm³/mol. The van der Waals surface area contributed by atoms with Crippen LogP contribution in [0.4, 0.5) is 5.69 Å². The van der Waals surface area contributed by atoms with Crippen LogP contribution in [0.1, 0.15) is 10.4 Å². The van der Waals surface area contributed by atoms with Crippen LogP contribution in [-0.4, -0.2) is 80.6 Å². The first kappa shape index (κ1) is 18.3. The van der Waals surface area contributed by atoms with Gasteiger partial charge in [0.05, 0.1) is 12.2 Å². The molecule has 0 unspecified atom stereocenters. The highest BCUT2D eigenvalue weighted by atomic mass is 16.6. The van der Waals surface area contributed by atoms with Crippen molar-refractivity contribution < 1.29 is 29.4 Å². The molecule has 150 valence electrons. The second-order valence-corrected chi connectivity index (χ2v) is 7.02. The molecule has 11 N–H and O–H groups in total. The monoisotopic (exact) mass is 392 g/mol. The number of nitrogens with zero attached hydrogens (tertiary/aromatic N) is 2. The molecule has 28 heavy (non-hydrogen) atoms. The summed E-state index contributed by atoms with van der Waals surface area (Å²) in [6, 6.07) is 4.37. The Balaban J connectivity index is 1.69. The zero-order chi connectivity index (χ0) is 20.3. The Hall–Kier alpha value is -3.09. The normalized spacial score (nSPS) is 32.7. The summed E-state index contributed by atoms with van der Waals surface area (Å²) in [7, 11) is 0. The van der Waals surface area contributed by atoms with Crippen molar-refractivity contribution in [2.24, 2.45) is 16.5 Å². The number of aliphatic hydroxyl groups is 3. The third-order valence-electron chi connectivity index (χ3n) is 5.41. The van der Waals surface area contributed by atoms with Gasteiger partial charge < -0.3 is 36.8 Å². The average Bonchev–Trinajstić information content (AvgIpc) is 3.11. The number of carbonyl (C=O) groups is 1. The van der Waals surface area contributed by atoms with Crippen LogP contribution in [-0.2, 0) is 4.74 Å². The Labute approximate surface area is 159 Å². The molecule has 12 heteroatoms. The van der Waals surface area contributed by atoms with E-state index >= 15 is 0 Å². The molecule has 0 aliphatic carbocycles. The highest BCUT2D eigenvalue weighted by Crippen LogP contribution is 2.42. The number of benzene rings is 1. The first-order valence-electron chi connectivity index (χ1n) is 8.61. The minimum atomic E-state index is -2.62. The molecule has 3 heterocycles. The molecule has 0 aromatic heterocycles. The molecule has 1 aromatic rings. The van der Waals surface area contributed by atoms with E-state index in [4.69, 9.17) is 21.9 Å². The van der Waals surface area contributed by atoms with Gasteiger partial charge in [0.1, 0.15) is 12.6 Å². The number of nitrogen functional groups attached to an aromatic ring is 1. The molecule has 1 aromatic carbocycles. The van der Waals surface area contributed by atoms with E-state index in [2.05, 4.69) is 15.6 Å². The van der Waals surface area contributed by atoms with Crippen LogP contribution in [0.25, 0.3) is 0 Å². The van der Waals surface area contributed by atoms with E-state index in [1.54, 1.807) is 0 Å². The number of aliphatic hydroxyl groups excluding tert-OH is 1. The van der Waals surface area contributed by atoms with Crippen molar-refractivity contribution in [1.29, 1.82) is 0 Å². The van der Waals surface area contributed by atoms with E-state index < -0.39 is 35.6 Å². The number of carbonyl (C=O) groups excluding carboxylic acids is 1. The summed E-state index contributed by atoms with van der Waals surface area (Å²) in [5, 5.41) is 37.4. The predicted octanol–water partition coefficient (Wildman–Crippen LogP) is -4.24. The van der Waals surface area contributed by atoms with Gasteiger partial charge in [0.25, 0.3) is 5.79 Å². The van der Waals surface area contributed by atoms with Crippen LogP contribution in [0, 0.1) is 0 Å². The molecule has 12 nitrogen and oxygen atoms in total. The summed E-state index contributed by atoms with van der Waals surface area (Å²) in [5.41, 5.74) is 16.4. The van der Waals surface area contributed by atoms with Crippen LogP contribution in [0.15, 0.2) is 29.3 Å². The maximum Gasteiger partial charge on any atom is 0.346 e. The number of ether oxygens (including phenoxy) is 1. The zero-order valence-corrected chi connectivity index (χ0v) is 14.7. The Morgan fingerprint density at radius 3 is 2.61 bits per heavy atom. The lowest BCUT2D eigenvalue weighted by Crippen LogP contribution is -2.78. The minimum Gasteiger partial charge on any atom is -0.449 e. The molecule has 3 aliphatic rings. The second-order valence-electron chi connectivity index (χ2n) is 7.02. The summed E-state index contributed by atoms with van der Waals surface area (Å²) < 4.78 is 6.78. The quantitative estimate of drug-likeness (QED) is 0.108. The number of nitrogens with two attached hydrogens (primary N) is 3. The van der Waals surface area contributed by atoms with Crippen LogP contribution in [0.2, 0.25) is 0 Å². The molecule has 0 bridgehead atoms. The summed E-state index contributed by atoms with van der Waals surface area (Å²) >= 11 is 0. The molecular weight excluding hydrogens is 370 g/mol. The number of rotatable bonds is 3. The van der Waals surface area contributed by atoms with E-state index in [0.717, 1.165) is 0 Å². The molecule has 0 radical (unpaired) electrons. The standard InChI is InChI=1S/C16H21N7O5/c17-8-3-1-7(2-4-8)12(25)28-10-5-23-14(19)20-9(6-24)11-15(23,16(10,26)27)22-13(18)21-11/h1-4,9-11,24,26-27H,5-6H2,(H7,17,18,19,20,21,22,25)/p+1/t9-,10-,11-,15-/m0/s1. The maximum absolute atomic E-state index is 12.5. The Bertz CT molecular complexity index is 884. The van der Waals surface area contributed by atoms with Gasteiger partial charge in [-0.25, -0.2) is 14.4 Å². The largest absolute Gasteiger partial charge is 0.449 e. The van der Waals surface area contributed by atoms with Crippen molar-refractivity contribution in [2.45, 2.75) is 29.6 Å². The highest BCUT2D eigenvalue weighted by Gasteiger charge is 2.76.